The topological polar surface area (TPSA) is 81.7 Å². The summed E-state index contributed by atoms with van der Waals surface area (Å²) >= 11 is 0. The molecule has 0 radical (unpaired) electrons. The number of piperidine rings is 1. The van der Waals surface area contributed by atoms with Gasteiger partial charge in [-0.15, -0.1) is 0 Å². The summed E-state index contributed by atoms with van der Waals surface area (Å²) < 4.78 is 28.2. The van der Waals surface area contributed by atoms with Crippen LogP contribution in [0.3, 0.4) is 0 Å². The second-order valence-corrected chi connectivity index (χ2v) is 12.1. The molecular formula is C36H45F2N3O3. The predicted molar refractivity (Wildman–Crippen MR) is 170 cm³/mol. The molecular weight excluding hydrogens is 560 g/mol. The molecule has 3 unspecified atom stereocenters. The maximum Gasteiger partial charge on any atom is 0.253 e. The average molecular weight is 606 g/mol. The summed E-state index contributed by atoms with van der Waals surface area (Å²) in [6.07, 6.45) is 2.16. The monoisotopic (exact) mass is 605 g/mol. The Morgan fingerprint density at radius 1 is 0.932 bits per heavy atom. The summed E-state index contributed by atoms with van der Waals surface area (Å²) in [7, 11) is 0. The minimum atomic E-state index is -1.03. The highest BCUT2D eigenvalue weighted by Gasteiger charge is 2.33. The van der Waals surface area contributed by atoms with Gasteiger partial charge in [0.25, 0.3) is 11.8 Å². The van der Waals surface area contributed by atoms with Crippen molar-refractivity contribution < 1.29 is 23.5 Å². The van der Waals surface area contributed by atoms with Crippen LogP contribution in [0, 0.1) is 25.5 Å². The lowest BCUT2D eigenvalue weighted by Crippen LogP contribution is -2.56. The van der Waals surface area contributed by atoms with E-state index in [9.17, 15) is 23.5 Å². The molecule has 0 bridgehead atoms. The molecule has 0 aliphatic carbocycles. The van der Waals surface area contributed by atoms with Crippen LogP contribution < -0.4 is 10.6 Å². The van der Waals surface area contributed by atoms with Crippen molar-refractivity contribution in [2.75, 3.05) is 19.6 Å². The zero-order chi connectivity index (χ0) is 31.8. The Morgan fingerprint density at radius 3 is 2.23 bits per heavy atom. The minimum Gasteiger partial charge on any atom is -0.389 e. The van der Waals surface area contributed by atoms with Crippen molar-refractivity contribution >= 4 is 11.8 Å². The van der Waals surface area contributed by atoms with Crippen LogP contribution in [0.1, 0.15) is 88.4 Å². The maximum absolute atomic E-state index is 14.1. The second-order valence-electron chi connectivity index (χ2n) is 12.1. The van der Waals surface area contributed by atoms with Gasteiger partial charge in [-0.2, -0.15) is 0 Å². The first-order chi connectivity index (χ1) is 21.1. The molecule has 44 heavy (non-hydrogen) atoms. The van der Waals surface area contributed by atoms with Crippen molar-refractivity contribution in [2.24, 2.45) is 0 Å². The lowest BCUT2D eigenvalue weighted by Gasteiger charge is -2.36. The van der Waals surface area contributed by atoms with Crippen molar-refractivity contribution in [2.45, 2.75) is 83.9 Å². The molecule has 4 atom stereocenters. The molecule has 236 valence electrons. The van der Waals surface area contributed by atoms with Gasteiger partial charge in [-0.25, -0.2) is 8.78 Å². The molecule has 0 saturated carbocycles. The van der Waals surface area contributed by atoms with Crippen LogP contribution in [0.5, 0.6) is 0 Å². The van der Waals surface area contributed by atoms with Gasteiger partial charge in [0.1, 0.15) is 11.6 Å². The largest absolute Gasteiger partial charge is 0.389 e. The second kappa shape index (κ2) is 15.4. The van der Waals surface area contributed by atoms with E-state index in [-0.39, 0.29) is 18.4 Å². The summed E-state index contributed by atoms with van der Waals surface area (Å²) in [5.74, 6) is -1.74. The van der Waals surface area contributed by atoms with Gasteiger partial charge in [-0.05, 0) is 98.9 Å². The number of benzene rings is 3. The third kappa shape index (κ3) is 8.73. The number of hydrogen-bond acceptors (Lipinski definition) is 4. The van der Waals surface area contributed by atoms with Gasteiger partial charge in [0, 0.05) is 42.9 Å². The van der Waals surface area contributed by atoms with Crippen molar-refractivity contribution in [3.63, 3.8) is 0 Å². The third-order valence-electron chi connectivity index (χ3n) is 8.35. The lowest BCUT2D eigenvalue weighted by atomic mass is 9.84. The molecule has 1 fully saturated rings. The van der Waals surface area contributed by atoms with Crippen LogP contribution in [-0.4, -0.2) is 59.6 Å². The molecule has 0 spiro atoms. The SMILES string of the molecule is CCCN(CCC)C(=O)c1cc(C)cc(C(=O)N[C@@H](Cc2cc(F)cc(F)c2)C(O)C2CCC(c3cccc(C)c3)CN2)c1. The van der Waals surface area contributed by atoms with E-state index in [1.54, 1.807) is 23.1 Å². The Balaban J connectivity index is 1.55. The first-order valence-electron chi connectivity index (χ1n) is 15.7. The molecule has 4 rings (SSSR count). The Bertz CT molecular complexity index is 1410. The van der Waals surface area contributed by atoms with E-state index >= 15 is 0 Å². The van der Waals surface area contributed by atoms with E-state index in [0.717, 1.165) is 30.9 Å². The highest BCUT2D eigenvalue weighted by Crippen LogP contribution is 2.28. The fraction of sp³-hybridized carbons (Fsp3) is 0.444. The molecule has 1 aliphatic rings. The van der Waals surface area contributed by atoms with Crippen molar-refractivity contribution in [1.82, 2.24) is 15.5 Å². The first kappa shape index (κ1) is 33.3. The number of nitrogens with one attached hydrogen (secondary N) is 2. The van der Waals surface area contributed by atoms with Crippen molar-refractivity contribution in [1.29, 1.82) is 0 Å². The molecule has 1 heterocycles. The van der Waals surface area contributed by atoms with E-state index in [1.807, 2.05) is 26.8 Å². The molecule has 2 amide bonds. The lowest BCUT2D eigenvalue weighted by molar-refractivity contribution is 0.0630. The van der Waals surface area contributed by atoms with E-state index in [4.69, 9.17) is 0 Å². The van der Waals surface area contributed by atoms with Gasteiger partial charge in [-0.1, -0.05) is 43.7 Å². The number of aliphatic hydroxyl groups excluding tert-OH is 1. The molecule has 1 aliphatic heterocycles. The number of halogens is 2. The summed E-state index contributed by atoms with van der Waals surface area (Å²) in [5.41, 5.74) is 4.24. The number of hydrogen-bond donors (Lipinski definition) is 3. The Labute approximate surface area is 259 Å². The highest BCUT2D eigenvalue weighted by molar-refractivity contribution is 6.00. The molecule has 3 aromatic rings. The number of rotatable bonds is 12. The van der Waals surface area contributed by atoms with Crippen LogP contribution >= 0.6 is 0 Å². The molecule has 0 aromatic heterocycles. The quantitative estimate of drug-likeness (QED) is 0.234. The van der Waals surface area contributed by atoms with E-state index in [1.165, 1.54) is 23.3 Å². The van der Waals surface area contributed by atoms with Crippen LogP contribution in [-0.2, 0) is 6.42 Å². The summed E-state index contributed by atoms with van der Waals surface area (Å²) in [5, 5.41) is 18.0. The number of aryl methyl sites for hydroxylation is 2. The number of carbonyl (C=O) groups is 2. The smallest absolute Gasteiger partial charge is 0.253 e. The van der Waals surface area contributed by atoms with Gasteiger partial charge in [0.05, 0.1) is 12.1 Å². The summed E-state index contributed by atoms with van der Waals surface area (Å²) in [6.45, 7) is 9.84. The number of amides is 2. The van der Waals surface area contributed by atoms with E-state index < -0.39 is 29.7 Å². The summed E-state index contributed by atoms with van der Waals surface area (Å²) in [4.78, 5) is 28.8. The highest BCUT2D eigenvalue weighted by atomic mass is 19.1. The fourth-order valence-corrected chi connectivity index (χ4v) is 6.23. The normalized spacial score (nSPS) is 18.0. The minimum absolute atomic E-state index is 0.0272. The van der Waals surface area contributed by atoms with E-state index in [2.05, 4.69) is 35.8 Å². The molecule has 3 aromatic carbocycles. The predicted octanol–water partition coefficient (Wildman–Crippen LogP) is 6.08. The Hall–Kier alpha value is -3.62. The van der Waals surface area contributed by atoms with E-state index in [0.29, 0.717) is 48.7 Å². The zero-order valence-electron chi connectivity index (χ0n) is 26.2. The van der Waals surface area contributed by atoms with Crippen LogP contribution in [0.15, 0.2) is 60.7 Å². The standard InChI is InChI=1S/C36H45F2N3O3/c1-5-12-41(13-6-2)36(44)29-16-24(4)15-28(20-29)35(43)40-33(19-25-17-30(37)21-31(38)18-25)34(42)32-11-10-27(22-39-32)26-9-7-8-23(3)14-26/h7-9,14-18,20-21,27,32-34,39,42H,5-6,10-13,19,22H2,1-4H3,(H,40,43)/t27?,32?,33-,34?/m0/s1. The van der Waals surface area contributed by atoms with Gasteiger partial charge in [-0.3, -0.25) is 9.59 Å². The summed E-state index contributed by atoms with van der Waals surface area (Å²) in [6, 6.07) is 15.5. The fourth-order valence-electron chi connectivity index (χ4n) is 6.23. The van der Waals surface area contributed by atoms with Gasteiger partial charge < -0.3 is 20.6 Å². The van der Waals surface area contributed by atoms with Gasteiger partial charge in [0.2, 0.25) is 0 Å². The molecule has 8 heteroatoms. The number of carbonyl (C=O) groups excluding carboxylic acids is 2. The number of aliphatic hydroxyl groups is 1. The number of nitrogens with zero attached hydrogens (tertiary/aromatic N) is 1. The van der Waals surface area contributed by atoms with Gasteiger partial charge >= 0.3 is 0 Å². The van der Waals surface area contributed by atoms with Crippen LogP contribution in [0.4, 0.5) is 8.78 Å². The van der Waals surface area contributed by atoms with Gasteiger partial charge in [0.15, 0.2) is 0 Å². The van der Waals surface area contributed by atoms with Crippen LogP contribution in [0.2, 0.25) is 0 Å². The van der Waals surface area contributed by atoms with Crippen molar-refractivity contribution in [3.05, 3.63) is 106 Å². The third-order valence-corrected chi connectivity index (χ3v) is 8.35. The Kier molecular flexibility index (Phi) is 11.6. The molecule has 6 nitrogen and oxygen atoms in total. The first-order valence-corrected chi connectivity index (χ1v) is 15.7. The molecule has 3 N–H and O–H groups in total. The zero-order valence-corrected chi connectivity index (χ0v) is 26.2. The van der Waals surface area contributed by atoms with Crippen molar-refractivity contribution in [3.8, 4) is 0 Å². The molecule has 1 saturated heterocycles. The maximum atomic E-state index is 14.1. The average Bonchev–Trinajstić information content (AvgIpc) is 2.99. The Morgan fingerprint density at radius 2 is 1.61 bits per heavy atom. The van der Waals surface area contributed by atoms with Crippen LogP contribution in [0.25, 0.3) is 0 Å².